The van der Waals surface area contributed by atoms with E-state index < -0.39 is 0 Å². The van der Waals surface area contributed by atoms with Crippen LogP contribution in [0.15, 0.2) is 24.3 Å². The molecule has 2 unspecified atom stereocenters. The topological polar surface area (TPSA) is 38.8 Å². The van der Waals surface area contributed by atoms with Gasteiger partial charge >= 0.3 is 5.97 Å². The Morgan fingerprint density at radius 3 is 2.82 bits per heavy atom. The lowest BCUT2D eigenvalue weighted by atomic mass is 10.1. The summed E-state index contributed by atoms with van der Waals surface area (Å²) in [5.74, 6) is 0.0457. The molecular formula is C12H12INO3. The average Bonchev–Trinajstić information content (AvgIpc) is 2.87. The molecule has 17 heavy (non-hydrogen) atoms. The number of hydrogen-bond donors (Lipinski definition) is 0. The number of rotatable bonds is 2. The first-order valence-electron chi connectivity index (χ1n) is 5.55. The van der Waals surface area contributed by atoms with Gasteiger partial charge in [-0.1, -0.05) is 12.1 Å². The van der Waals surface area contributed by atoms with Crippen molar-refractivity contribution >= 4 is 28.6 Å². The Labute approximate surface area is 113 Å². The minimum atomic E-state index is -0.214. The summed E-state index contributed by atoms with van der Waals surface area (Å²) in [6, 6.07) is 8.00. The second-order valence-electron chi connectivity index (χ2n) is 4.33. The third kappa shape index (κ3) is 2.19. The van der Waals surface area contributed by atoms with E-state index >= 15 is 0 Å². The Kier molecular flexibility index (Phi) is 3.06. The second-order valence-corrected chi connectivity index (χ2v) is 5.58. The number of cyclic esters (lactones) is 1. The fraction of sp³-hybridized carbons (Fsp3) is 0.417. The highest BCUT2D eigenvalue weighted by molar-refractivity contribution is 14.1. The van der Waals surface area contributed by atoms with Crippen LogP contribution in [-0.2, 0) is 20.9 Å². The maximum Gasteiger partial charge on any atom is 0.326 e. The van der Waals surface area contributed by atoms with Gasteiger partial charge in [-0.3, -0.25) is 9.63 Å². The van der Waals surface area contributed by atoms with E-state index in [0.717, 1.165) is 5.56 Å². The zero-order chi connectivity index (χ0) is 11.8. The van der Waals surface area contributed by atoms with Crippen LogP contribution in [0.25, 0.3) is 0 Å². The standard InChI is InChI=1S/C12H12INO3/c13-10-3-1-8(2-4-10)5-14-11-9(7-17-14)6-16-12(11)15/h1-4,9,11H,5-7H2. The van der Waals surface area contributed by atoms with Gasteiger partial charge in [0.05, 0.1) is 19.8 Å². The van der Waals surface area contributed by atoms with Crippen molar-refractivity contribution < 1.29 is 14.4 Å². The van der Waals surface area contributed by atoms with Gasteiger partial charge in [-0.15, -0.1) is 0 Å². The lowest BCUT2D eigenvalue weighted by molar-refractivity contribution is -0.170. The predicted molar refractivity (Wildman–Crippen MR) is 68.9 cm³/mol. The molecule has 90 valence electrons. The fourth-order valence-electron chi connectivity index (χ4n) is 2.24. The molecule has 0 bridgehead atoms. The van der Waals surface area contributed by atoms with E-state index in [0.29, 0.717) is 19.8 Å². The molecule has 1 aromatic rings. The van der Waals surface area contributed by atoms with Crippen LogP contribution in [0.4, 0.5) is 0 Å². The van der Waals surface area contributed by atoms with E-state index in [2.05, 4.69) is 46.9 Å². The lowest BCUT2D eigenvalue weighted by Gasteiger charge is -2.18. The van der Waals surface area contributed by atoms with E-state index in [1.807, 2.05) is 0 Å². The molecular weight excluding hydrogens is 333 g/mol. The SMILES string of the molecule is O=C1OCC2CON(Cc3ccc(I)cc3)C12. The van der Waals surface area contributed by atoms with Crippen molar-refractivity contribution in [1.82, 2.24) is 5.06 Å². The molecule has 0 aromatic heterocycles. The van der Waals surface area contributed by atoms with Gasteiger partial charge in [-0.05, 0) is 40.3 Å². The van der Waals surface area contributed by atoms with E-state index in [9.17, 15) is 4.79 Å². The summed E-state index contributed by atoms with van der Waals surface area (Å²) in [5.41, 5.74) is 1.14. The van der Waals surface area contributed by atoms with Crippen molar-refractivity contribution in [2.45, 2.75) is 12.6 Å². The molecule has 2 saturated heterocycles. The van der Waals surface area contributed by atoms with E-state index in [1.165, 1.54) is 3.57 Å². The lowest BCUT2D eigenvalue weighted by Crippen LogP contribution is -2.34. The van der Waals surface area contributed by atoms with Crippen LogP contribution in [0.3, 0.4) is 0 Å². The normalized spacial score (nSPS) is 28.2. The van der Waals surface area contributed by atoms with Gasteiger partial charge in [0, 0.05) is 9.49 Å². The van der Waals surface area contributed by atoms with Gasteiger partial charge in [0.15, 0.2) is 0 Å². The van der Waals surface area contributed by atoms with Crippen LogP contribution in [0.5, 0.6) is 0 Å². The highest BCUT2D eigenvalue weighted by Crippen LogP contribution is 2.29. The van der Waals surface area contributed by atoms with Gasteiger partial charge < -0.3 is 4.74 Å². The number of halogens is 1. The quantitative estimate of drug-likeness (QED) is 0.603. The van der Waals surface area contributed by atoms with Crippen LogP contribution in [0.1, 0.15) is 5.56 Å². The molecule has 2 heterocycles. The van der Waals surface area contributed by atoms with Crippen LogP contribution in [0, 0.1) is 9.49 Å². The molecule has 0 spiro atoms. The van der Waals surface area contributed by atoms with Crippen LogP contribution in [0.2, 0.25) is 0 Å². The minimum absolute atomic E-state index is 0.155. The van der Waals surface area contributed by atoms with Gasteiger partial charge in [-0.25, -0.2) is 0 Å². The van der Waals surface area contributed by atoms with E-state index in [4.69, 9.17) is 9.57 Å². The summed E-state index contributed by atoms with van der Waals surface area (Å²) < 4.78 is 6.25. The molecule has 0 saturated carbocycles. The zero-order valence-corrected chi connectivity index (χ0v) is 11.3. The van der Waals surface area contributed by atoms with E-state index in [-0.39, 0.29) is 17.9 Å². The van der Waals surface area contributed by atoms with Crippen LogP contribution >= 0.6 is 22.6 Å². The second kappa shape index (κ2) is 4.55. The Morgan fingerprint density at radius 2 is 2.06 bits per heavy atom. The molecule has 0 amide bonds. The van der Waals surface area contributed by atoms with Gasteiger partial charge in [0.2, 0.25) is 0 Å². The molecule has 2 aliphatic rings. The van der Waals surface area contributed by atoms with Crippen LogP contribution in [-0.4, -0.2) is 30.3 Å². The van der Waals surface area contributed by atoms with Gasteiger partial charge in [0.1, 0.15) is 6.04 Å². The number of ether oxygens (including phenoxy) is 1. The Bertz CT molecular complexity index is 434. The Morgan fingerprint density at radius 1 is 1.29 bits per heavy atom. The third-order valence-electron chi connectivity index (χ3n) is 3.14. The summed E-state index contributed by atoms with van der Waals surface area (Å²) in [4.78, 5) is 17.1. The van der Waals surface area contributed by atoms with Gasteiger partial charge in [-0.2, -0.15) is 5.06 Å². The number of hydrogen-bond acceptors (Lipinski definition) is 4. The average molecular weight is 345 g/mol. The number of esters is 1. The van der Waals surface area contributed by atoms with Crippen LogP contribution < -0.4 is 0 Å². The molecule has 2 fully saturated rings. The number of hydroxylamine groups is 2. The van der Waals surface area contributed by atoms with Crippen molar-refractivity contribution in [3.8, 4) is 0 Å². The first kappa shape index (κ1) is 11.4. The molecule has 0 N–H and O–H groups in total. The monoisotopic (exact) mass is 345 g/mol. The summed E-state index contributed by atoms with van der Waals surface area (Å²) in [5, 5.41) is 1.75. The number of benzene rings is 1. The number of nitrogens with zero attached hydrogens (tertiary/aromatic N) is 1. The molecule has 5 heteroatoms. The molecule has 3 rings (SSSR count). The first-order chi connectivity index (χ1) is 8.24. The largest absolute Gasteiger partial charge is 0.464 e. The Balaban J connectivity index is 1.73. The Hall–Kier alpha value is -0.660. The van der Waals surface area contributed by atoms with Crippen molar-refractivity contribution in [2.75, 3.05) is 13.2 Å². The molecule has 4 nitrogen and oxygen atoms in total. The summed E-state index contributed by atoms with van der Waals surface area (Å²) in [7, 11) is 0. The van der Waals surface area contributed by atoms with E-state index in [1.54, 1.807) is 5.06 Å². The van der Waals surface area contributed by atoms with Crippen molar-refractivity contribution in [2.24, 2.45) is 5.92 Å². The summed E-state index contributed by atoms with van der Waals surface area (Å²) in [6.45, 7) is 1.71. The number of carbonyl (C=O) groups is 1. The summed E-state index contributed by atoms with van der Waals surface area (Å²) >= 11 is 2.27. The zero-order valence-electron chi connectivity index (χ0n) is 9.14. The predicted octanol–water partition coefficient (Wildman–Crippen LogP) is 1.58. The maximum atomic E-state index is 11.6. The first-order valence-corrected chi connectivity index (χ1v) is 6.62. The van der Waals surface area contributed by atoms with Crippen molar-refractivity contribution in [1.29, 1.82) is 0 Å². The highest BCUT2D eigenvalue weighted by atomic mass is 127. The highest BCUT2D eigenvalue weighted by Gasteiger charge is 2.47. The summed E-state index contributed by atoms with van der Waals surface area (Å²) in [6.07, 6.45) is 0. The molecule has 0 radical (unpaired) electrons. The van der Waals surface area contributed by atoms with Crippen molar-refractivity contribution in [3.05, 3.63) is 33.4 Å². The van der Waals surface area contributed by atoms with Crippen molar-refractivity contribution in [3.63, 3.8) is 0 Å². The molecule has 0 aliphatic carbocycles. The third-order valence-corrected chi connectivity index (χ3v) is 3.86. The smallest absolute Gasteiger partial charge is 0.326 e. The molecule has 2 aliphatic heterocycles. The van der Waals surface area contributed by atoms with Gasteiger partial charge in [0.25, 0.3) is 0 Å². The fourth-order valence-corrected chi connectivity index (χ4v) is 2.60. The number of fused-ring (bicyclic) bond motifs is 1. The molecule has 2 atom stereocenters. The molecule has 1 aromatic carbocycles. The number of carbonyl (C=O) groups excluding carboxylic acids is 1. The minimum Gasteiger partial charge on any atom is -0.464 e. The maximum absolute atomic E-state index is 11.6.